The van der Waals surface area contributed by atoms with Crippen molar-refractivity contribution in [3.8, 4) is 22.8 Å². The van der Waals surface area contributed by atoms with Crippen LogP contribution in [-0.2, 0) is 24.2 Å². The van der Waals surface area contributed by atoms with E-state index in [4.69, 9.17) is 34.1 Å². The summed E-state index contributed by atoms with van der Waals surface area (Å²) in [5, 5.41) is 0. The predicted molar refractivity (Wildman–Crippen MR) is 219 cm³/mol. The van der Waals surface area contributed by atoms with Gasteiger partial charge in [0, 0.05) is 81.1 Å². The largest absolute Gasteiger partial charge is 0.497 e. The standard InChI is InChI=1S/C43H51N9O4/c1-48(2)20-6-21-49(3)41(53)33-11-13-35(14-12-33)52-22-19-38-39(46-43(47-40(38)52)50-23-25-56-26-24-50)34-27-44-42(45-28-34)51(29-31-7-15-36(54-4)16-8-31)30-32-9-17-37(55-5)18-10-32/h7-18,27-28H,6,19-26,29-30H2,1-5H3. The van der Waals surface area contributed by atoms with Crippen LogP contribution in [0.5, 0.6) is 11.5 Å². The quantitative estimate of drug-likeness (QED) is 0.130. The minimum absolute atomic E-state index is 0.0198. The number of carbonyl (C=O) groups excluding carboxylic acids is 1. The number of benzene rings is 3. The molecule has 0 atom stereocenters. The summed E-state index contributed by atoms with van der Waals surface area (Å²) in [7, 11) is 9.30. The summed E-state index contributed by atoms with van der Waals surface area (Å²) in [6.07, 6.45) is 5.43. The van der Waals surface area contributed by atoms with Crippen molar-refractivity contribution in [2.75, 3.05) is 96.0 Å². The highest BCUT2D eigenvalue weighted by molar-refractivity contribution is 5.94. The van der Waals surface area contributed by atoms with Crippen molar-refractivity contribution in [2.45, 2.75) is 25.9 Å². The van der Waals surface area contributed by atoms with Crippen LogP contribution in [0.4, 0.5) is 23.4 Å². The fraction of sp³-hybridized carbons (Fsp3) is 0.372. The zero-order valence-corrected chi connectivity index (χ0v) is 33.0. The molecule has 0 aliphatic carbocycles. The second-order valence-electron chi connectivity index (χ2n) is 14.4. The molecule has 0 bridgehead atoms. The Hall–Kier alpha value is -5.79. The summed E-state index contributed by atoms with van der Waals surface area (Å²) >= 11 is 0. The fourth-order valence-corrected chi connectivity index (χ4v) is 7.08. The van der Waals surface area contributed by atoms with Gasteiger partial charge in [-0.05, 0) is 93.1 Å². The lowest BCUT2D eigenvalue weighted by atomic mass is 10.1. The highest BCUT2D eigenvalue weighted by atomic mass is 16.5. The van der Waals surface area contributed by atoms with Gasteiger partial charge in [0.2, 0.25) is 11.9 Å². The molecule has 2 aromatic heterocycles. The van der Waals surface area contributed by atoms with E-state index in [0.717, 1.165) is 76.9 Å². The molecule has 0 unspecified atom stereocenters. The van der Waals surface area contributed by atoms with E-state index in [-0.39, 0.29) is 5.91 Å². The number of carbonyl (C=O) groups is 1. The Morgan fingerprint density at radius 1 is 0.768 bits per heavy atom. The van der Waals surface area contributed by atoms with E-state index in [1.54, 1.807) is 19.1 Å². The Balaban J connectivity index is 1.17. The van der Waals surface area contributed by atoms with Gasteiger partial charge in [0.1, 0.15) is 17.3 Å². The van der Waals surface area contributed by atoms with Gasteiger partial charge >= 0.3 is 0 Å². The Kier molecular flexibility index (Phi) is 12.2. The summed E-state index contributed by atoms with van der Waals surface area (Å²) in [5.74, 6) is 3.77. The van der Waals surface area contributed by atoms with Crippen LogP contribution in [0.3, 0.4) is 0 Å². The lowest BCUT2D eigenvalue weighted by Crippen LogP contribution is -2.37. The van der Waals surface area contributed by atoms with Gasteiger partial charge in [-0.15, -0.1) is 0 Å². The Bertz CT molecular complexity index is 2010. The van der Waals surface area contributed by atoms with Gasteiger partial charge in [0.05, 0.1) is 33.1 Å². The van der Waals surface area contributed by atoms with Crippen molar-refractivity contribution >= 4 is 29.3 Å². The molecule has 3 aromatic carbocycles. The van der Waals surface area contributed by atoms with Gasteiger partial charge in [-0.1, -0.05) is 24.3 Å². The predicted octanol–water partition coefficient (Wildman–Crippen LogP) is 5.71. The van der Waals surface area contributed by atoms with Crippen LogP contribution in [0.1, 0.15) is 33.5 Å². The molecule has 0 spiro atoms. The molecule has 0 N–H and O–H groups in total. The average Bonchev–Trinajstić information content (AvgIpc) is 3.68. The molecule has 5 aromatic rings. The normalized spacial score (nSPS) is 13.8. The van der Waals surface area contributed by atoms with Crippen LogP contribution in [-0.4, -0.2) is 117 Å². The van der Waals surface area contributed by atoms with Gasteiger partial charge in [-0.3, -0.25) is 4.79 Å². The third-order valence-electron chi connectivity index (χ3n) is 10.2. The maximum atomic E-state index is 13.2. The van der Waals surface area contributed by atoms with E-state index in [1.165, 1.54) is 0 Å². The number of anilines is 4. The topological polar surface area (TPSA) is 113 Å². The molecule has 2 aliphatic heterocycles. The number of morpholine rings is 1. The van der Waals surface area contributed by atoms with Gasteiger partial charge in [-0.2, -0.15) is 4.98 Å². The third-order valence-corrected chi connectivity index (χ3v) is 10.2. The summed E-state index contributed by atoms with van der Waals surface area (Å²) in [6, 6.07) is 24.0. The number of methoxy groups -OCH3 is 2. The van der Waals surface area contributed by atoms with E-state index >= 15 is 0 Å². The highest BCUT2D eigenvalue weighted by Crippen LogP contribution is 2.39. The first-order valence-electron chi connectivity index (χ1n) is 19.1. The second-order valence-corrected chi connectivity index (χ2v) is 14.4. The van der Waals surface area contributed by atoms with Crippen LogP contribution in [0.2, 0.25) is 0 Å². The van der Waals surface area contributed by atoms with Crippen molar-refractivity contribution in [1.82, 2.24) is 29.7 Å². The molecule has 2 aliphatic rings. The molecule has 13 heteroatoms. The van der Waals surface area contributed by atoms with E-state index in [9.17, 15) is 4.79 Å². The van der Waals surface area contributed by atoms with Crippen molar-refractivity contribution in [1.29, 1.82) is 0 Å². The zero-order chi connectivity index (χ0) is 39.0. The molecule has 7 rings (SSSR count). The van der Waals surface area contributed by atoms with Gasteiger partial charge in [0.25, 0.3) is 5.91 Å². The molecular formula is C43H51N9O4. The lowest BCUT2D eigenvalue weighted by Gasteiger charge is -2.28. The molecule has 13 nitrogen and oxygen atoms in total. The van der Waals surface area contributed by atoms with E-state index in [2.05, 4.69) is 43.9 Å². The zero-order valence-electron chi connectivity index (χ0n) is 33.0. The van der Waals surface area contributed by atoms with Crippen molar-refractivity contribution in [3.63, 3.8) is 0 Å². The maximum Gasteiger partial charge on any atom is 0.253 e. The van der Waals surface area contributed by atoms with Crippen LogP contribution in [0.15, 0.2) is 85.2 Å². The highest BCUT2D eigenvalue weighted by Gasteiger charge is 2.30. The number of hydrogen-bond acceptors (Lipinski definition) is 12. The molecule has 292 valence electrons. The smallest absolute Gasteiger partial charge is 0.253 e. The van der Waals surface area contributed by atoms with Crippen molar-refractivity contribution in [3.05, 3.63) is 107 Å². The first-order valence-corrected chi connectivity index (χ1v) is 19.1. The van der Waals surface area contributed by atoms with E-state index in [0.29, 0.717) is 63.4 Å². The molecule has 0 saturated carbocycles. The Morgan fingerprint density at radius 2 is 1.38 bits per heavy atom. The van der Waals surface area contributed by atoms with Gasteiger partial charge in [0.15, 0.2) is 0 Å². The van der Waals surface area contributed by atoms with Crippen LogP contribution < -0.4 is 24.2 Å². The van der Waals surface area contributed by atoms with Crippen molar-refractivity contribution < 1.29 is 19.0 Å². The molecule has 1 fully saturated rings. The number of amides is 1. The molecular weight excluding hydrogens is 707 g/mol. The molecule has 1 saturated heterocycles. The van der Waals surface area contributed by atoms with Gasteiger partial charge in [-0.25, -0.2) is 15.0 Å². The summed E-state index contributed by atoms with van der Waals surface area (Å²) in [4.78, 5) is 43.9. The number of nitrogens with zero attached hydrogens (tertiary/aromatic N) is 9. The summed E-state index contributed by atoms with van der Waals surface area (Å²) in [6.45, 7) is 6.23. The SMILES string of the molecule is COc1ccc(CN(Cc2ccc(OC)cc2)c2ncc(-c3nc(N4CCOCC4)nc4c3CCN4c3ccc(C(=O)N(C)CCCN(C)C)cc3)cn2)cc1. The Morgan fingerprint density at radius 3 is 1.95 bits per heavy atom. The number of hydrogen-bond donors (Lipinski definition) is 0. The summed E-state index contributed by atoms with van der Waals surface area (Å²) in [5.41, 5.74) is 6.58. The lowest BCUT2D eigenvalue weighted by molar-refractivity contribution is 0.0790. The van der Waals surface area contributed by atoms with E-state index in [1.807, 2.05) is 82.1 Å². The maximum absolute atomic E-state index is 13.2. The van der Waals surface area contributed by atoms with Crippen molar-refractivity contribution in [2.24, 2.45) is 0 Å². The number of ether oxygens (including phenoxy) is 3. The molecule has 0 radical (unpaired) electrons. The first-order chi connectivity index (χ1) is 27.3. The third kappa shape index (κ3) is 9.01. The van der Waals surface area contributed by atoms with Gasteiger partial charge < -0.3 is 38.7 Å². The number of aromatic nitrogens is 4. The summed E-state index contributed by atoms with van der Waals surface area (Å²) < 4.78 is 16.4. The Labute approximate surface area is 329 Å². The minimum atomic E-state index is 0.0198. The van der Waals surface area contributed by atoms with Crippen LogP contribution in [0.25, 0.3) is 11.3 Å². The molecule has 1 amide bonds. The average molecular weight is 758 g/mol. The molecule has 56 heavy (non-hydrogen) atoms. The monoisotopic (exact) mass is 757 g/mol. The number of fused-ring (bicyclic) bond motifs is 1. The number of rotatable bonds is 15. The fourth-order valence-electron chi connectivity index (χ4n) is 7.08. The van der Waals surface area contributed by atoms with Crippen LogP contribution >= 0.6 is 0 Å². The second kappa shape index (κ2) is 17.8. The molecule has 4 heterocycles. The van der Waals surface area contributed by atoms with Crippen LogP contribution in [0, 0.1) is 0 Å². The van der Waals surface area contributed by atoms with E-state index < -0.39 is 0 Å². The first kappa shape index (κ1) is 38.5. The minimum Gasteiger partial charge on any atom is -0.497 e.